The Kier molecular flexibility index (Phi) is 4.66. The van der Waals surface area contributed by atoms with Gasteiger partial charge in [-0.3, -0.25) is 4.79 Å². The van der Waals surface area contributed by atoms with Crippen LogP contribution in [0.15, 0.2) is 17.8 Å². The predicted octanol–water partition coefficient (Wildman–Crippen LogP) is 1.84. The maximum absolute atomic E-state index is 12.6. The molecule has 2 aromatic heterocycles. The van der Waals surface area contributed by atoms with E-state index in [2.05, 4.69) is 14.9 Å². The summed E-state index contributed by atoms with van der Waals surface area (Å²) in [6, 6.07) is 1.18. The Hall–Kier alpha value is -2.22. The van der Waals surface area contributed by atoms with E-state index < -0.39 is 12.0 Å². The number of aliphatic carboxylic acids is 1. The van der Waals surface area contributed by atoms with Crippen molar-refractivity contribution in [3.05, 3.63) is 17.8 Å². The number of hydrogen-bond donors (Lipinski definition) is 1. The Morgan fingerprint density at radius 2 is 2.25 bits per heavy atom. The van der Waals surface area contributed by atoms with Crippen LogP contribution in [0.1, 0.15) is 19.8 Å². The molecule has 7 nitrogen and oxygen atoms in total. The van der Waals surface area contributed by atoms with Crippen LogP contribution < -0.4 is 4.90 Å². The van der Waals surface area contributed by atoms with Gasteiger partial charge < -0.3 is 14.9 Å². The molecule has 1 N–H and O–H groups in total. The Balaban J connectivity index is 1.78. The second-order valence-corrected chi connectivity index (χ2v) is 6.98. The lowest BCUT2D eigenvalue weighted by Crippen LogP contribution is -2.48. The zero-order chi connectivity index (χ0) is 17.3. The van der Waals surface area contributed by atoms with Gasteiger partial charge in [-0.25, -0.2) is 14.8 Å². The van der Waals surface area contributed by atoms with Crippen molar-refractivity contribution in [2.45, 2.75) is 25.8 Å². The highest BCUT2D eigenvalue weighted by Gasteiger charge is 2.32. The Labute approximate surface area is 143 Å². The SMILES string of the molecule is C[C@@H](C(=O)O)N(C)C(=O)[C@H]1CCCN(c2ncnc3sccc23)C1. The highest BCUT2D eigenvalue weighted by Crippen LogP contribution is 2.30. The van der Waals surface area contributed by atoms with Crippen molar-refractivity contribution >= 4 is 39.2 Å². The monoisotopic (exact) mass is 348 g/mol. The first-order valence-electron chi connectivity index (χ1n) is 7.91. The molecule has 8 heteroatoms. The summed E-state index contributed by atoms with van der Waals surface area (Å²) < 4.78 is 0. The maximum Gasteiger partial charge on any atom is 0.326 e. The number of carbonyl (C=O) groups excluding carboxylic acids is 1. The number of carboxylic acid groups (broad SMARTS) is 1. The number of carbonyl (C=O) groups is 2. The van der Waals surface area contributed by atoms with Gasteiger partial charge >= 0.3 is 5.97 Å². The highest BCUT2D eigenvalue weighted by molar-refractivity contribution is 7.16. The van der Waals surface area contributed by atoms with Crippen LogP contribution in [0.4, 0.5) is 5.82 Å². The van der Waals surface area contributed by atoms with E-state index in [9.17, 15) is 9.59 Å². The number of anilines is 1. The van der Waals surface area contributed by atoms with Crippen LogP contribution in [0.5, 0.6) is 0 Å². The number of rotatable bonds is 4. The van der Waals surface area contributed by atoms with E-state index in [4.69, 9.17) is 5.11 Å². The minimum Gasteiger partial charge on any atom is -0.480 e. The zero-order valence-corrected chi connectivity index (χ0v) is 14.5. The predicted molar refractivity (Wildman–Crippen MR) is 92.2 cm³/mol. The summed E-state index contributed by atoms with van der Waals surface area (Å²) in [5.74, 6) is -0.471. The van der Waals surface area contributed by atoms with Crippen molar-refractivity contribution in [2.75, 3.05) is 25.0 Å². The minimum absolute atomic E-state index is 0.120. The van der Waals surface area contributed by atoms with E-state index in [0.29, 0.717) is 6.54 Å². The van der Waals surface area contributed by atoms with E-state index in [-0.39, 0.29) is 11.8 Å². The fourth-order valence-corrected chi connectivity index (χ4v) is 3.77. The molecule has 128 valence electrons. The molecule has 0 saturated carbocycles. The normalized spacial score (nSPS) is 19.2. The summed E-state index contributed by atoms with van der Waals surface area (Å²) in [7, 11) is 1.56. The molecule has 0 unspecified atom stereocenters. The molecule has 24 heavy (non-hydrogen) atoms. The van der Waals surface area contributed by atoms with Gasteiger partial charge in [0.2, 0.25) is 5.91 Å². The molecule has 3 rings (SSSR count). The average molecular weight is 348 g/mol. The fraction of sp³-hybridized carbons (Fsp3) is 0.500. The molecule has 1 amide bonds. The summed E-state index contributed by atoms with van der Waals surface area (Å²) in [5, 5.41) is 12.1. The van der Waals surface area contributed by atoms with Gasteiger partial charge in [0, 0.05) is 20.1 Å². The average Bonchev–Trinajstić information content (AvgIpc) is 3.08. The van der Waals surface area contributed by atoms with Gasteiger partial charge in [0.15, 0.2) is 0 Å². The van der Waals surface area contributed by atoms with Crippen LogP contribution >= 0.6 is 11.3 Å². The van der Waals surface area contributed by atoms with E-state index in [1.54, 1.807) is 24.7 Å². The molecular formula is C16H20N4O3S. The van der Waals surface area contributed by atoms with Crippen molar-refractivity contribution in [1.29, 1.82) is 0 Å². The number of thiophene rings is 1. The number of aromatic nitrogens is 2. The third kappa shape index (κ3) is 3.06. The van der Waals surface area contributed by atoms with E-state index in [1.807, 2.05) is 11.4 Å². The number of fused-ring (bicyclic) bond motifs is 1. The Morgan fingerprint density at radius 3 is 3.00 bits per heavy atom. The topological polar surface area (TPSA) is 86.6 Å². The van der Waals surface area contributed by atoms with Gasteiger partial charge in [0.05, 0.1) is 11.3 Å². The van der Waals surface area contributed by atoms with E-state index in [0.717, 1.165) is 35.4 Å². The largest absolute Gasteiger partial charge is 0.480 e. The van der Waals surface area contributed by atoms with Crippen LogP contribution in [0.25, 0.3) is 10.2 Å². The van der Waals surface area contributed by atoms with Gasteiger partial charge in [-0.2, -0.15) is 0 Å². The molecule has 0 spiro atoms. The minimum atomic E-state index is -0.991. The van der Waals surface area contributed by atoms with Gasteiger partial charge in [-0.15, -0.1) is 11.3 Å². The first kappa shape index (κ1) is 16.6. The number of hydrogen-bond acceptors (Lipinski definition) is 6. The number of likely N-dealkylation sites (N-methyl/N-ethyl adjacent to an activating group) is 1. The van der Waals surface area contributed by atoms with Gasteiger partial charge in [0.1, 0.15) is 23.0 Å². The molecule has 1 saturated heterocycles. The smallest absolute Gasteiger partial charge is 0.326 e. The summed E-state index contributed by atoms with van der Waals surface area (Å²) >= 11 is 1.57. The fourth-order valence-electron chi connectivity index (χ4n) is 3.04. The van der Waals surface area contributed by atoms with Crippen molar-refractivity contribution < 1.29 is 14.7 Å². The summed E-state index contributed by atoms with van der Waals surface area (Å²) in [4.78, 5) is 36.8. The van der Waals surface area contributed by atoms with Gasteiger partial charge in [-0.1, -0.05) is 0 Å². The lowest BCUT2D eigenvalue weighted by atomic mass is 9.96. The molecule has 2 aromatic rings. The summed E-state index contributed by atoms with van der Waals surface area (Å²) in [5.41, 5.74) is 0. The van der Waals surface area contributed by atoms with E-state index in [1.165, 1.54) is 11.8 Å². The van der Waals surface area contributed by atoms with Crippen LogP contribution in [-0.4, -0.2) is 58.0 Å². The molecule has 1 aliphatic rings. The van der Waals surface area contributed by atoms with Crippen LogP contribution in [0, 0.1) is 5.92 Å². The lowest BCUT2D eigenvalue weighted by Gasteiger charge is -2.35. The molecule has 3 heterocycles. The Bertz CT molecular complexity index is 763. The molecular weight excluding hydrogens is 328 g/mol. The van der Waals surface area contributed by atoms with Crippen molar-refractivity contribution in [2.24, 2.45) is 5.92 Å². The second kappa shape index (κ2) is 6.72. The van der Waals surface area contributed by atoms with Crippen LogP contribution in [-0.2, 0) is 9.59 Å². The Morgan fingerprint density at radius 1 is 1.46 bits per heavy atom. The second-order valence-electron chi connectivity index (χ2n) is 6.09. The first-order valence-corrected chi connectivity index (χ1v) is 8.79. The third-order valence-electron chi connectivity index (χ3n) is 4.60. The van der Waals surface area contributed by atoms with Crippen molar-refractivity contribution in [3.63, 3.8) is 0 Å². The quantitative estimate of drug-likeness (QED) is 0.907. The van der Waals surface area contributed by atoms with Gasteiger partial charge in [-0.05, 0) is 31.2 Å². The zero-order valence-electron chi connectivity index (χ0n) is 13.7. The van der Waals surface area contributed by atoms with Crippen LogP contribution in [0.3, 0.4) is 0 Å². The van der Waals surface area contributed by atoms with Crippen molar-refractivity contribution in [1.82, 2.24) is 14.9 Å². The molecule has 2 atom stereocenters. The number of amides is 1. The van der Waals surface area contributed by atoms with Crippen LogP contribution in [0.2, 0.25) is 0 Å². The summed E-state index contributed by atoms with van der Waals surface area (Å²) in [6.07, 6.45) is 3.20. The summed E-state index contributed by atoms with van der Waals surface area (Å²) in [6.45, 7) is 2.92. The standard InChI is InChI=1S/C16H20N4O3S/c1-10(16(22)23)19(2)15(21)11-4-3-6-20(8-11)13-12-5-7-24-14(12)18-9-17-13/h5,7,9-11H,3-4,6,8H2,1-2H3,(H,22,23)/t10-,11-/m0/s1. The third-order valence-corrected chi connectivity index (χ3v) is 5.42. The molecule has 0 aliphatic carbocycles. The number of carboxylic acids is 1. The highest BCUT2D eigenvalue weighted by atomic mass is 32.1. The maximum atomic E-state index is 12.6. The number of piperidine rings is 1. The number of nitrogens with zero attached hydrogens (tertiary/aromatic N) is 4. The van der Waals surface area contributed by atoms with Gasteiger partial charge in [0.25, 0.3) is 0 Å². The van der Waals surface area contributed by atoms with Crippen molar-refractivity contribution in [3.8, 4) is 0 Å². The molecule has 0 aromatic carbocycles. The molecule has 1 fully saturated rings. The molecule has 0 radical (unpaired) electrons. The first-order chi connectivity index (χ1) is 11.5. The van der Waals surface area contributed by atoms with E-state index >= 15 is 0 Å². The molecule has 0 bridgehead atoms. The lowest BCUT2D eigenvalue weighted by molar-refractivity contribution is -0.150. The molecule has 1 aliphatic heterocycles.